The third kappa shape index (κ3) is 3.87. The lowest BCUT2D eigenvalue weighted by Crippen LogP contribution is -2.33. The zero-order valence-electron chi connectivity index (χ0n) is 18.3. The number of imide groups is 1. The van der Waals surface area contributed by atoms with Crippen LogP contribution in [0.3, 0.4) is 0 Å². The molecule has 3 aromatic carbocycles. The third-order valence-electron chi connectivity index (χ3n) is 5.44. The van der Waals surface area contributed by atoms with Crippen LogP contribution in [0.2, 0.25) is 5.02 Å². The predicted molar refractivity (Wildman–Crippen MR) is 128 cm³/mol. The molecule has 0 saturated carbocycles. The summed E-state index contributed by atoms with van der Waals surface area (Å²) < 4.78 is 5.42. The van der Waals surface area contributed by atoms with Gasteiger partial charge in [-0.25, -0.2) is 4.90 Å². The van der Waals surface area contributed by atoms with Gasteiger partial charge in [-0.05, 0) is 56.2 Å². The van der Waals surface area contributed by atoms with E-state index in [1.165, 1.54) is 12.0 Å². The van der Waals surface area contributed by atoms with Crippen LogP contribution in [0.15, 0.2) is 66.4 Å². The van der Waals surface area contributed by atoms with Crippen molar-refractivity contribution in [2.75, 3.05) is 17.3 Å². The fourth-order valence-electron chi connectivity index (χ4n) is 3.82. The van der Waals surface area contributed by atoms with Gasteiger partial charge in [0.15, 0.2) is 0 Å². The molecule has 32 heavy (non-hydrogen) atoms. The van der Waals surface area contributed by atoms with E-state index in [1.807, 2.05) is 57.2 Å². The zero-order valence-corrected chi connectivity index (χ0v) is 19.1. The van der Waals surface area contributed by atoms with Gasteiger partial charge in [-0.3, -0.25) is 9.59 Å². The van der Waals surface area contributed by atoms with Crippen LogP contribution in [0, 0.1) is 20.8 Å². The Labute approximate surface area is 192 Å². The molecule has 0 saturated heterocycles. The highest BCUT2D eigenvalue weighted by Crippen LogP contribution is 2.37. The summed E-state index contributed by atoms with van der Waals surface area (Å²) in [5.74, 6) is -0.302. The van der Waals surface area contributed by atoms with Crippen molar-refractivity contribution in [3.63, 3.8) is 0 Å². The number of nitrogens with one attached hydrogen (secondary N) is 1. The van der Waals surface area contributed by atoms with Crippen LogP contribution in [-0.4, -0.2) is 18.9 Å². The van der Waals surface area contributed by atoms with Crippen molar-refractivity contribution in [3.8, 4) is 5.75 Å². The number of halogens is 1. The molecule has 5 nitrogen and oxygen atoms in total. The van der Waals surface area contributed by atoms with Gasteiger partial charge in [0, 0.05) is 5.02 Å². The molecule has 0 fully saturated rings. The van der Waals surface area contributed by atoms with Crippen molar-refractivity contribution in [2.24, 2.45) is 0 Å². The number of carbonyl (C=O) groups excluding carboxylic acids is 2. The molecule has 2 amide bonds. The van der Waals surface area contributed by atoms with Crippen LogP contribution in [0.25, 0.3) is 5.57 Å². The molecule has 3 aromatic rings. The maximum absolute atomic E-state index is 13.6. The number of nitrogens with zero attached hydrogens (tertiary/aromatic N) is 1. The number of carbonyl (C=O) groups is 2. The van der Waals surface area contributed by atoms with Crippen LogP contribution in [0.4, 0.5) is 11.4 Å². The van der Waals surface area contributed by atoms with E-state index in [1.54, 1.807) is 24.3 Å². The average molecular weight is 447 g/mol. The van der Waals surface area contributed by atoms with Gasteiger partial charge in [-0.1, -0.05) is 59.1 Å². The van der Waals surface area contributed by atoms with Crippen molar-refractivity contribution in [1.82, 2.24) is 0 Å². The van der Waals surface area contributed by atoms with Crippen molar-refractivity contribution < 1.29 is 14.3 Å². The van der Waals surface area contributed by atoms with E-state index in [4.69, 9.17) is 16.3 Å². The number of amides is 2. The Hall–Kier alpha value is -3.57. The van der Waals surface area contributed by atoms with E-state index in [2.05, 4.69) is 5.32 Å². The third-order valence-corrected chi connectivity index (χ3v) is 5.67. The fraction of sp³-hybridized carbons (Fsp3) is 0.154. The minimum Gasteiger partial charge on any atom is -0.495 e. The molecule has 4 rings (SSSR count). The van der Waals surface area contributed by atoms with Crippen LogP contribution in [-0.2, 0) is 9.59 Å². The molecule has 1 aliphatic heterocycles. The van der Waals surface area contributed by atoms with Crippen LogP contribution in [0.5, 0.6) is 5.75 Å². The normalized spacial score (nSPS) is 13.7. The Morgan fingerprint density at radius 3 is 2.19 bits per heavy atom. The van der Waals surface area contributed by atoms with Crippen LogP contribution >= 0.6 is 11.6 Å². The summed E-state index contributed by atoms with van der Waals surface area (Å²) in [4.78, 5) is 28.4. The van der Waals surface area contributed by atoms with E-state index in [0.29, 0.717) is 33.3 Å². The van der Waals surface area contributed by atoms with Crippen LogP contribution < -0.4 is 15.0 Å². The number of anilines is 2. The van der Waals surface area contributed by atoms with E-state index in [0.717, 1.165) is 16.7 Å². The van der Waals surface area contributed by atoms with Gasteiger partial charge >= 0.3 is 0 Å². The minimum absolute atomic E-state index is 0.180. The number of hydrogen-bond donors (Lipinski definition) is 1. The highest BCUT2D eigenvalue weighted by atomic mass is 35.5. The van der Waals surface area contributed by atoms with Gasteiger partial charge in [-0.2, -0.15) is 0 Å². The highest BCUT2D eigenvalue weighted by Gasteiger charge is 2.41. The van der Waals surface area contributed by atoms with E-state index >= 15 is 0 Å². The highest BCUT2D eigenvalue weighted by molar-refractivity contribution is 6.46. The molecule has 1 aliphatic rings. The average Bonchev–Trinajstić information content (AvgIpc) is 2.99. The number of hydrogen-bond acceptors (Lipinski definition) is 4. The lowest BCUT2D eigenvalue weighted by Gasteiger charge is -2.18. The van der Waals surface area contributed by atoms with Crippen molar-refractivity contribution in [1.29, 1.82) is 0 Å². The molecule has 0 aromatic heterocycles. The first-order chi connectivity index (χ1) is 15.3. The molecule has 0 bridgehead atoms. The largest absolute Gasteiger partial charge is 0.495 e. The first-order valence-electron chi connectivity index (χ1n) is 10.2. The molecule has 1 heterocycles. The molecule has 1 N–H and O–H groups in total. The molecule has 0 unspecified atom stereocenters. The van der Waals surface area contributed by atoms with Gasteiger partial charge in [-0.15, -0.1) is 0 Å². The lowest BCUT2D eigenvalue weighted by molar-refractivity contribution is -0.120. The van der Waals surface area contributed by atoms with Crippen molar-refractivity contribution >= 4 is 40.4 Å². The Morgan fingerprint density at radius 2 is 1.53 bits per heavy atom. The van der Waals surface area contributed by atoms with Crippen molar-refractivity contribution in [2.45, 2.75) is 20.8 Å². The maximum atomic E-state index is 13.6. The number of rotatable bonds is 5. The number of ether oxygens (including phenoxy) is 1. The summed E-state index contributed by atoms with van der Waals surface area (Å²) >= 11 is 6.18. The first kappa shape index (κ1) is 21.7. The van der Waals surface area contributed by atoms with E-state index in [9.17, 15) is 9.59 Å². The van der Waals surface area contributed by atoms with E-state index in [-0.39, 0.29) is 11.6 Å². The summed E-state index contributed by atoms with van der Waals surface area (Å²) in [6.07, 6.45) is 0. The Bertz CT molecular complexity index is 1260. The lowest BCUT2D eigenvalue weighted by atomic mass is 10.0. The summed E-state index contributed by atoms with van der Waals surface area (Å²) in [7, 11) is 1.53. The Morgan fingerprint density at radius 1 is 0.844 bits per heavy atom. The fourth-order valence-corrected chi connectivity index (χ4v) is 3.99. The van der Waals surface area contributed by atoms with E-state index < -0.39 is 5.91 Å². The second-order valence-corrected chi connectivity index (χ2v) is 8.26. The topological polar surface area (TPSA) is 58.6 Å². The summed E-state index contributed by atoms with van der Waals surface area (Å²) in [5, 5.41) is 3.61. The van der Waals surface area contributed by atoms with Gasteiger partial charge in [0.25, 0.3) is 11.8 Å². The number of benzene rings is 3. The van der Waals surface area contributed by atoms with Crippen molar-refractivity contribution in [3.05, 3.63) is 93.6 Å². The van der Waals surface area contributed by atoms with Gasteiger partial charge in [0.05, 0.1) is 24.1 Å². The standard InChI is InChI=1S/C26H23ClN2O3/c1-15-5-8-18(9-6-15)23-24(28-20-14-19(27)10-12-22(20)32-4)26(31)29(25(23)30)21-11-7-16(2)13-17(21)3/h5-14,28H,1-4H3. The zero-order chi connectivity index (χ0) is 23.0. The SMILES string of the molecule is COc1ccc(Cl)cc1NC1=C(c2ccc(C)cc2)C(=O)N(c2ccc(C)cc2C)C1=O. The molecule has 162 valence electrons. The van der Waals surface area contributed by atoms with Gasteiger partial charge in [0.2, 0.25) is 0 Å². The van der Waals surface area contributed by atoms with Gasteiger partial charge < -0.3 is 10.1 Å². The minimum atomic E-state index is -0.431. The smallest absolute Gasteiger partial charge is 0.282 e. The first-order valence-corrected chi connectivity index (χ1v) is 10.6. The van der Waals surface area contributed by atoms with Gasteiger partial charge in [0.1, 0.15) is 11.4 Å². The monoisotopic (exact) mass is 446 g/mol. The molecule has 0 aliphatic carbocycles. The second-order valence-electron chi connectivity index (χ2n) is 7.82. The molecule has 0 spiro atoms. The molecular formula is C26H23ClN2O3. The molecule has 0 radical (unpaired) electrons. The summed E-state index contributed by atoms with van der Waals surface area (Å²) in [6, 6.07) is 18.2. The summed E-state index contributed by atoms with van der Waals surface area (Å²) in [6.45, 7) is 5.83. The quantitative estimate of drug-likeness (QED) is 0.513. The maximum Gasteiger partial charge on any atom is 0.282 e. The van der Waals surface area contributed by atoms with Crippen LogP contribution in [0.1, 0.15) is 22.3 Å². The second kappa shape index (κ2) is 8.52. The number of methoxy groups -OCH3 is 1. The predicted octanol–water partition coefficient (Wildman–Crippen LogP) is 5.67. The molecule has 6 heteroatoms. The Kier molecular flexibility index (Phi) is 5.76. The Balaban J connectivity index is 1.87. The molecule has 0 atom stereocenters. The number of aryl methyl sites for hydroxylation is 3. The summed E-state index contributed by atoms with van der Waals surface area (Å²) in [5.41, 5.74) is 5.16. The molecular weight excluding hydrogens is 424 g/mol.